The van der Waals surface area contributed by atoms with E-state index in [9.17, 15) is 4.79 Å². The average molecular weight is 383 g/mol. The van der Waals surface area contributed by atoms with Crippen LogP contribution in [0.4, 0.5) is 0 Å². The topological polar surface area (TPSA) is 68.2 Å². The van der Waals surface area contributed by atoms with Crippen molar-refractivity contribution in [3.05, 3.63) is 33.5 Å². The molecule has 2 aromatic rings. The Balaban J connectivity index is 1.54. The van der Waals surface area contributed by atoms with Crippen LogP contribution < -0.4 is 4.74 Å². The second kappa shape index (κ2) is 7.15. The number of likely N-dealkylation sites (tertiary alicyclic amines) is 1. The maximum absolute atomic E-state index is 12.3. The number of ether oxygens (including phenoxy) is 1. The maximum Gasteiger partial charge on any atom is 0.316 e. The second-order valence-electron chi connectivity index (χ2n) is 5.13. The van der Waals surface area contributed by atoms with Crippen LogP contribution in [-0.2, 0) is 0 Å². The SMILES string of the molecule is O=C(c1cscn1)N1CCCC(COc2ncc(Br)cn2)C1. The lowest BCUT2D eigenvalue weighted by molar-refractivity contribution is 0.0624. The van der Waals surface area contributed by atoms with E-state index in [2.05, 4.69) is 30.9 Å². The average Bonchev–Trinajstić information content (AvgIpc) is 3.08. The number of amides is 1. The van der Waals surface area contributed by atoms with Gasteiger partial charge in [-0.05, 0) is 28.8 Å². The first-order valence-corrected chi connectivity index (χ1v) is 8.74. The minimum absolute atomic E-state index is 0.00541. The molecule has 0 N–H and O–H groups in total. The zero-order chi connectivity index (χ0) is 15.4. The van der Waals surface area contributed by atoms with Crippen molar-refractivity contribution in [2.45, 2.75) is 12.8 Å². The Morgan fingerprint density at radius 2 is 2.23 bits per heavy atom. The third-order valence-electron chi connectivity index (χ3n) is 3.50. The Bertz CT molecular complexity index is 620. The van der Waals surface area contributed by atoms with Crippen LogP contribution in [0.1, 0.15) is 23.3 Å². The summed E-state index contributed by atoms with van der Waals surface area (Å²) in [5.41, 5.74) is 2.21. The Kier molecular flexibility index (Phi) is 4.99. The molecule has 2 aromatic heterocycles. The molecule has 0 aromatic carbocycles. The minimum Gasteiger partial charge on any atom is -0.463 e. The van der Waals surface area contributed by atoms with E-state index < -0.39 is 0 Å². The molecule has 1 amide bonds. The Morgan fingerprint density at radius 1 is 1.41 bits per heavy atom. The summed E-state index contributed by atoms with van der Waals surface area (Å²) in [7, 11) is 0. The molecule has 1 saturated heterocycles. The highest BCUT2D eigenvalue weighted by molar-refractivity contribution is 9.10. The molecule has 0 saturated carbocycles. The van der Waals surface area contributed by atoms with Gasteiger partial charge in [0.2, 0.25) is 0 Å². The summed E-state index contributed by atoms with van der Waals surface area (Å²) in [5, 5.41) is 1.79. The molecule has 3 heterocycles. The van der Waals surface area contributed by atoms with E-state index in [1.54, 1.807) is 23.3 Å². The van der Waals surface area contributed by atoms with E-state index in [4.69, 9.17) is 4.74 Å². The molecule has 1 aliphatic heterocycles. The normalized spacial score (nSPS) is 18.2. The molecule has 1 atom stereocenters. The highest BCUT2D eigenvalue weighted by atomic mass is 79.9. The van der Waals surface area contributed by atoms with Crippen LogP contribution in [0.25, 0.3) is 0 Å². The van der Waals surface area contributed by atoms with Crippen molar-refractivity contribution in [3.63, 3.8) is 0 Å². The summed E-state index contributed by atoms with van der Waals surface area (Å²) < 4.78 is 6.44. The third-order valence-corrected chi connectivity index (χ3v) is 4.50. The number of halogens is 1. The van der Waals surface area contributed by atoms with Crippen molar-refractivity contribution in [1.29, 1.82) is 0 Å². The van der Waals surface area contributed by atoms with E-state index in [1.807, 2.05) is 4.90 Å². The van der Waals surface area contributed by atoms with Gasteiger partial charge in [-0.15, -0.1) is 11.3 Å². The lowest BCUT2D eigenvalue weighted by Crippen LogP contribution is -2.41. The molecular weight excluding hydrogens is 368 g/mol. The Morgan fingerprint density at radius 3 is 2.95 bits per heavy atom. The number of hydrogen-bond acceptors (Lipinski definition) is 6. The molecule has 1 aliphatic rings. The summed E-state index contributed by atoms with van der Waals surface area (Å²) in [6, 6.07) is 0.367. The lowest BCUT2D eigenvalue weighted by Gasteiger charge is -2.32. The largest absolute Gasteiger partial charge is 0.463 e. The Hall–Kier alpha value is -1.54. The van der Waals surface area contributed by atoms with Crippen LogP contribution in [0.15, 0.2) is 27.8 Å². The number of carbonyl (C=O) groups excluding carboxylic acids is 1. The highest BCUT2D eigenvalue weighted by Crippen LogP contribution is 2.19. The molecule has 1 fully saturated rings. The predicted molar refractivity (Wildman–Crippen MR) is 86.0 cm³/mol. The number of thiazole rings is 1. The highest BCUT2D eigenvalue weighted by Gasteiger charge is 2.26. The van der Waals surface area contributed by atoms with Crippen LogP contribution in [0.2, 0.25) is 0 Å². The summed E-state index contributed by atoms with van der Waals surface area (Å²) in [6.45, 7) is 1.98. The third kappa shape index (κ3) is 3.80. The van der Waals surface area contributed by atoms with E-state index in [1.165, 1.54) is 11.3 Å². The smallest absolute Gasteiger partial charge is 0.316 e. The predicted octanol–water partition coefficient (Wildman–Crippen LogP) is 2.63. The number of nitrogens with zero attached hydrogens (tertiary/aromatic N) is 4. The van der Waals surface area contributed by atoms with Crippen LogP contribution >= 0.6 is 27.3 Å². The molecule has 0 bridgehead atoms. The van der Waals surface area contributed by atoms with Crippen LogP contribution in [0.3, 0.4) is 0 Å². The number of piperidine rings is 1. The fourth-order valence-corrected chi connectivity index (χ4v) is 3.16. The first-order valence-electron chi connectivity index (χ1n) is 7.00. The van der Waals surface area contributed by atoms with Crippen molar-refractivity contribution in [2.75, 3.05) is 19.7 Å². The van der Waals surface area contributed by atoms with Gasteiger partial charge in [0.05, 0.1) is 16.6 Å². The molecule has 22 heavy (non-hydrogen) atoms. The fourth-order valence-electron chi connectivity index (χ4n) is 2.43. The van der Waals surface area contributed by atoms with E-state index in [0.29, 0.717) is 30.8 Å². The van der Waals surface area contributed by atoms with Crippen LogP contribution in [0.5, 0.6) is 6.01 Å². The van der Waals surface area contributed by atoms with Gasteiger partial charge >= 0.3 is 6.01 Å². The van der Waals surface area contributed by atoms with Crippen LogP contribution in [-0.4, -0.2) is 45.5 Å². The summed E-state index contributed by atoms with van der Waals surface area (Å²) in [4.78, 5) is 26.4. The van der Waals surface area contributed by atoms with Gasteiger partial charge in [-0.1, -0.05) is 0 Å². The number of carbonyl (C=O) groups is 1. The van der Waals surface area contributed by atoms with Gasteiger partial charge in [0.25, 0.3) is 5.91 Å². The quantitative estimate of drug-likeness (QED) is 0.812. The molecule has 0 aliphatic carbocycles. The monoisotopic (exact) mass is 382 g/mol. The molecule has 1 unspecified atom stereocenters. The van der Waals surface area contributed by atoms with Crippen molar-refractivity contribution < 1.29 is 9.53 Å². The fraction of sp³-hybridized carbons (Fsp3) is 0.429. The number of aromatic nitrogens is 3. The molecule has 3 rings (SSSR count). The minimum atomic E-state index is 0.00541. The van der Waals surface area contributed by atoms with E-state index >= 15 is 0 Å². The molecule has 0 radical (unpaired) electrons. The van der Waals surface area contributed by atoms with Gasteiger partial charge in [-0.25, -0.2) is 15.0 Å². The second-order valence-corrected chi connectivity index (χ2v) is 6.76. The number of rotatable bonds is 4. The van der Waals surface area contributed by atoms with Gasteiger partial charge < -0.3 is 9.64 Å². The van der Waals surface area contributed by atoms with Gasteiger partial charge in [0, 0.05) is 36.8 Å². The lowest BCUT2D eigenvalue weighted by atomic mass is 9.99. The van der Waals surface area contributed by atoms with Crippen LogP contribution in [0, 0.1) is 5.92 Å². The number of hydrogen-bond donors (Lipinski definition) is 0. The molecule has 116 valence electrons. The van der Waals surface area contributed by atoms with Gasteiger partial charge in [-0.3, -0.25) is 4.79 Å². The molecular formula is C14H15BrN4O2S. The maximum atomic E-state index is 12.3. The van der Waals surface area contributed by atoms with Gasteiger partial charge in [0.15, 0.2) is 0 Å². The first-order chi connectivity index (χ1) is 10.7. The van der Waals surface area contributed by atoms with Crippen molar-refractivity contribution in [1.82, 2.24) is 19.9 Å². The molecule has 6 nitrogen and oxygen atoms in total. The zero-order valence-corrected chi connectivity index (χ0v) is 14.2. The van der Waals surface area contributed by atoms with Crippen molar-refractivity contribution in [2.24, 2.45) is 5.92 Å². The van der Waals surface area contributed by atoms with Crippen molar-refractivity contribution >= 4 is 33.2 Å². The van der Waals surface area contributed by atoms with E-state index in [0.717, 1.165) is 23.9 Å². The first kappa shape index (κ1) is 15.4. The summed E-state index contributed by atoms with van der Waals surface area (Å²) >= 11 is 4.72. The zero-order valence-electron chi connectivity index (χ0n) is 11.8. The standard InChI is InChI=1S/C14H15BrN4O2S/c15-11-4-16-14(17-5-11)21-7-10-2-1-3-19(6-10)13(20)12-8-22-9-18-12/h4-5,8-10H,1-3,6-7H2. The molecule has 0 spiro atoms. The Labute approximate surface area is 140 Å². The van der Waals surface area contributed by atoms with Gasteiger partial charge in [0.1, 0.15) is 5.69 Å². The summed E-state index contributed by atoms with van der Waals surface area (Å²) in [6.07, 6.45) is 5.32. The van der Waals surface area contributed by atoms with Gasteiger partial charge in [-0.2, -0.15) is 0 Å². The van der Waals surface area contributed by atoms with Crippen molar-refractivity contribution in [3.8, 4) is 6.01 Å². The van der Waals surface area contributed by atoms with E-state index in [-0.39, 0.29) is 5.91 Å². The summed E-state index contributed by atoms with van der Waals surface area (Å²) in [5.74, 6) is 0.300. The molecule has 8 heteroatoms.